The summed E-state index contributed by atoms with van der Waals surface area (Å²) in [5, 5.41) is 0.754. The number of aromatic nitrogens is 3. The van der Waals surface area contributed by atoms with Crippen LogP contribution in [0.3, 0.4) is 0 Å². The van der Waals surface area contributed by atoms with Gasteiger partial charge in [-0.05, 0) is 43.2 Å². The zero-order valence-corrected chi connectivity index (χ0v) is 19.5. The normalized spacial score (nSPS) is 11.8. The average molecular weight is 463 g/mol. The molecule has 0 saturated heterocycles. The van der Waals surface area contributed by atoms with Crippen LogP contribution in [0.4, 0.5) is 0 Å². The number of hydrogen-bond donors (Lipinski definition) is 0. The van der Waals surface area contributed by atoms with Crippen molar-refractivity contribution < 1.29 is 17.9 Å². The van der Waals surface area contributed by atoms with E-state index in [1.165, 1.54) is 14.1 Å². The lowest BCUT2D eigenvalue weighted by atomic mass is 10.0. The molecule has 0 fully saturated rings. The van der Waals surface area contributed by atoms with E-state index in [1.807, 2.05) is 26.0 Å². The van der Waals surface area contributed by atoms with Crippen molar-refractivity contribution >= 4 is 38.1 Å². The molecule has 0 atom stereocenters. The molecule has 33 heavy (non-hydrogen) atoms. The Hall–Kier alpha value is -3.74. The molecular formula is C24H22N4O4S. The number of terminal acetylenes is 1. The number of fused-ring (bicyclic) bond motifs is 2. The molecule has 0 saturated carbocycles. The summed E-state index contributed by atoms with van der Waals surface area (Å²) in [6, 6.07) is 12.3. The number of carbonyl (C=O) groups is 1. The van der Waals surface area contributed by atoms with E-state index in [4.69, 9.17) is 16.1 Å². The molecule has 0 aliphatic rings. The number of rotatable bonds is 5. The van der Waals surface area contributed by atoms with Crippen LogP contribution in [0.1, 0.15) is 21.5 Å². The SMILES string of the molecule is C#CCOC(=O)c1cc2c(C)ccc(C)c2nc1-c1nc2ccccc2n1S(=O)(=O)N(C)C. The third kappa shape index (κ3) is 3.73. The maximum absolute atomic E-state index is 13.3. The zero-order valence-electron chi connectivity index (χ0n) is 18.7. The molecule has 0 radical (unpaired) electrons. The van der Waals surface area contributed by atoms with E-state index in [1.54, 1.807) is 30.3 Å². The van der Waals surface area contributed by atoms with Crippen molar-refractivity contribution in [2.24, 2.45) is 0 Å². The Morgan fingerprint density at radius 2 is 1.82 bits per heavy atom. The number of carbonyl (C=O) groups excluding carboxylic acids is 1. The first-order chi connectivity index (χ1) is 15.7. The van der Waals surface area contributed by atoms with Crippen LogP contribution in [0.2, 0.25) is 0 Å². The van der Waals surface area contributed by atoms with Crippen molar-refractivity contribution in [3.05, 3.63) is 59.2 Å². The molecule has 168 valence electrons. The highest BCUT2D eigenvalue weighted by Gasteiger charge is 2.29. The van der Waals surface area contributed by atoms with Gasteiger partial charge in [0.25, 0.3) is 0 Å². The van der Waals surface area contributed by atoms with Crippen LogP contribution in [-0.4, -0.2) is 53.3 Å². The number of pyridine rings is 1. The second-order valence-electron chi connectivity index (χ2n) is 7.74. The number of nitrogens with zero attached hydrogens (tertiary/aromatic N) is 4. The van der Waals surface area contributed by atoms with E-state index in [0.717, 1.165) is 24.8 Å². The largest absolute Gasteiger partial charge is 0.449 e. The van der Waals surface area contributed by atoms with Gasteiger partial charge in [0.1, 0.15) is 5.69 Å². The maximum atomic E-state index is 13.3. The first-order valence-electron chi connectivity index (χ1n) is 10.1. The van der Waals surface area contributed by atoms with Crippen molar-refractivity contribution in [1.29, 1.82) is 0 Å². The molecule has 4 aromatic rings. The fourth-order valence-electron chi connectivity index (χ4n) is 3.59. The van der Waals surface area contributed by atoms with Crippen molar-refractivity contribution in [3.63, 3.8) is 0 Å². The molecule has 4 rings (SSSR count). The highest BCUT2D eigenvalue weighted by Crippen LogP contribution is 2.32. The molecule has 0 aliphatic carbocycles. The lowest BCUT2D eigenvalue weighted by Crippen LogP contribution is -2.29. The van der Waals surface area contributed by atoms with Gasteiger partial charge in [-0.2, -0.15) is 12.7 Å². The van der Waals surface area contributed by atoms with Crippen LogP contribution < -0.4 is 0 Å². The number of ether oxygens (including phenoxy) is 1. The van der Waals surface area contributed by atoms with Crippen LogP contribution in [-0.2, 0) is 14.9 Å². The lowest BCUT2D eigenvalue weighted by Gasteiger charge is -2.17. The molecule has 2 heterocycles. The van der Waals surface area contributed by atoms with Gasteiger partial charge in [-0.15, -0.1) is 6.42 Å². The van der Waals surface area contributed by atoms with Crippen LogP contribution in [0.15, 0.2) is 42.5 Å². The molecule has 0 bridgehead atoms. The Balaban J connectivity index is 2.15. The van der Waals surface area contributed by atoms with Crippen molar-refractivity contribution in [1.82, 2.24) is 18.2 Å². The van der Waals surface area contributed by atoms with Crippen molar-refractivity contribution in [2.75, 3.05) is 20.7 Å². The predicted octanol–water partition coefficient (Wildman–Crippen LogP) is 3.31. The summed E-state index contributed by atoms with van der Waals surface area (Å²) < 4.78 is 34.0. The predicted molar refractivity (Wildman–Crippen MR) is 127 cm³/mol. The second-order valence-corrected chi connectivity index (χ2v) is 9.73. The molecule has 0 spiro atoms. The number of imidazole rings is 1. The molecular weight excluding hydrogens is 440 g/mol. The first kappa shape index (κ1) is 22.5. The second kappa shape index (κ2) is 8.31. The Morgan fingerprint density at radius 1 is 1.12 bits per heavy atom. The lowest BCUT2D eigenvalue weighted by molar-refractivity contribution is 0.0557. The van der Waals surface area contributed by atoms with E-state index in [0.29, 0.717) is 16.6 Å². The maximum Gasteiger partial charge on any atom is 0.341 e. The smallest absolute Gasteiger partial charge is 0.341 e. The van der Waals surface area contributed by atoms with Gasteiger partial charge in [0, 0.05) is 19.5 Å². The average Bonchev–Trinajstić information content (AvgIpc) is 3.19. The van der Waals surface area contributed by atoms with Gasteiger partial charge in [-0.25, -0.2) is 18.7 Å². The Labute approximate surface area is 192 Å². The number of hydrogen-bond acceptors (Lipinski definition) is 6. The van der Waals surface area contributed by atoms with E-state index < -0.39 is 16.2 Å². The summed E-state index contributed by atoms with van der Waals surface area (Å²) in [6.07, 6.45) is 5.26. The minimum atomic E-state index is -4.01. The van der Waals surface area contributed by atoms with Gasteiger partial charge in [0.15, 0.2) is 12.4 Å². The molecule has 0 aliphatic heterocycles. The fourth-order valence-corrected chi connectivity index (χ4v) is 4.67. The topological polar surface area (TPSA) is 94.4 Å². The van der Waals surface area contributed by atoms with Gasteiger partial charge >= 0.3 is 16.2 Å². The van der Waals surface area contributed by atoms with Crippen molar-refractivity contribution in [3.8, 4) is 23.9 Å². The zero-order chi connectivity index (χ0) is 23.9. The van der Waals surface area contributed by atoms with Crippen molar-refractivity contribution in [2.45, 2.75) is 13.8 Å². The first-order valence-corrected chi connectivity index (χ1v) is 11.5. The number of aryl methyl sites for hydroxylation is 2. The third-order valence-electron chi connectivity index (χ3n) is 5.33. The highest BCUT2D eigenvalue weighted by atomic mass is 32.2. The van der Waals surface area contributed by atoms with Gasteiger partial charge in [0.05, 0.1) is 22.1 Å². The Morgan fingerprint density at radius 3 is 2.52 bits per heavy atom. The van der Waals surface area contributed by atoms with E-state index in [2.05, 4.69) is 10.9 Å². The summed E-state index contributed by atoms with van der Waals surface area (Å²) in [5.74, 6) is 1.58. The molecule has 2 aromatic heterocycles. The fraction of sp³-hybridized carbons (Fsp3) is 0.208. The minimum Gasteiger partial charge on any atom is -0.449 e. The van der Waals surface area contributed by atoms with E-state index in [9.17, 15) is 13.2 Å². The van der Waals surface area contributed by atoms with Crippen LogP contribution in [0, 0.1) is 26.2 Å². The highest BCUT2D eigenvalue weighted by molar-refractivity contribution is 7.87. The number of esters is 1. The van der Waals surface area contributed by atoms with Gasteiger partial charge in [-0.3, -0.25) is 0 Å². The van der Waals surface area contributed by atoms with E-state index >= 15 is 0 Å². The molecule has 2 aromatic carbocycles. The molecule has 8 nitrogen and oxygen atoms in total. The van der Waals surface area contributed by atoms with Crippen LogP contribution in [0.25, 0.3) is 33.5 Å². The number of benzene rings is 2. The number of para-hydroxylation sites is 2. The Bertz CT molecular complexity index is 1560. The summed E-state index contributed by atoms with van der Waals surface area (Å²) >= 11 is 0. The summed E-state index contributed by atoms with van der Waals surface area (Å²) in [5.41, 5.74) is 3.42. The third-order valence-corrected chi connectivity index (χ3v) is 7.09. The standard InChI is InChI=1S/C24H22N4O4S/c1-6-13-32-24(29)18-14-17-15(2)11-12-16(3)21(17)26-22(18)23-25-19-9-7-8-10-20(19)28(23)33(30,31)27(4)5/h1,7-12,14H,13H2,2-5H3. The van der Waals surface area contributed by atoms with E-state index in [-0.39, 0.29) is 23.7 Å². The molecule has 0 N–H and O–H groups in total. The molecule has 0 amide bonds. The quantitative estimate of drug-likeness (QED) is 0.334. The Kier molecular flexibility index (Phi) is 5.66. The summed E-state index contributed by atoms with van der Waals surface area (Å²) in [4.78, 5) is 22.3. The summed E-state index contributed by atoms with van der Waals surface area (Å²) in [6.45, 7) is 3.58. The van der Waals surface area contributed by atoms with Gasteiger partial charge < -0.3 is 4.74 Å². The molecule has 9 heteroatoms. The van der Waals surface area contributed by atoms with Crippen LogP contribution in [0.5, 0.6) is 0 Å². The van der Waals surface area contributed by atoms with Gasteiger partial charge in [-0.1, -0.05) is 30.2 Å². The van der Waals surface area contributed by atoms with Gasteiger partial charge in [0.2, 0.25) is 0 Å². The summed E-state index contributed by atoms with van der Waals surface area (Å²) in [7, 11) is -1.15. The molecule has 0 unspecified atom stereocenters. The monoisotopic (exact) mass is 462 g/mol. The minimum absolute atomic E-state index is 0.0142. The van der Waals surface area contributed by atoms with Crippen LogP contribution >= 0.6 is 0 Å².